The number of nitrogens with one attached hydrogen (secondary N) is 2. The number of halogens is 1. The summed E-state index contributed by atoms with van der Waals surface area (Å²) in [5, 5.41) is 5.73. The number of anilines is 1. The zero-order chi connectivity index (χ0) is 18.9. The molecule has 5 nitrogen and oxygen atoms in total. The molecule has 0 fully saturated rings. The smallest absolute Gasteiger partial charge is 0.243 e. The van der Waals surface area contributed by atoms with Crippen LogP contribution in [0.4, 0.5) is 5.69 Å². The highest BCUT2D eigenvalue weighted by molar-refractivity contribution is 6.30. The van der Waals surface area contributed by atoms with E-state index in [0.717, 1.165) is 12.0 Å². The van der Waals surface area contributed by atoms with E-state index in [1.807, 2.05) is 19.1 Å². The summed E-state index contributed by atoms with van der Waals surface area (Å²) in [5.74, 6) is -0.773. The molecule has 0 saturated heterocycles. The Hall–Kier alpha value is -2.66. The summed E-state index contributed by atoms with van der Waals surface area (Å²) in [6, 6.07) is 14.0. The van der Waals surface area contributed by atoms with Gasteiger partial charge in [0.05, 0.1) is 6.54 Å². The molecule has 0 radical (unpaired) electrons. The van der Waals surface area contributed by atoms with Crippen molar-refractivity contribution >= 4 is 34.9 Å². The number of amides is 2. The molecular formula is C20H21ClN2O3. The average Bonchev–Trinajstić information content (AvgIpc) is 2.66. The minimum Gasteiger partial charge on any atom is -0.347 e. The molecule has 2 N–H and O–H groups in total. The van der Waals surface area contributed by atoms with Crippen molar-refractivity contribution in [3.63, 3.8) is 0 Å². The van der Waals surface area contributed by atoms with E-state index >= 15 is 0 Å². The Morgan fingerprint density at radius 2 is 1.54 bits per heavy atom. The van der Waals surface area contributed by atoms with Gasteiger partial charge in [-0.25, -0.2) is 0 Å². The second kappa shape index (κ2) is 9.73. The van der Waals surface area contributed by atoms with Crippen molar-refractivity contribution in [2.45, 2.75) is 26.2 Å². The van der Waals surface area contributed by atoms with Gasteiger partial charge in [0, 0.05) is 29.1 Å². The Morgan fingerprint density at radius 3 is 2.15 bits per heavy atom. The number of benzene rings is 2. The van der Waals surface area contributed by atoms with E-state index in [0.29, 0.717) is 16.3 Å². The second-order valence-electron chi connectivity index (χ2n) is 5.81. The van der Waals surface area contributed by atoms with Crippen LogP contribution in [-0.2, 0) is 16.0 Å². The van der Waals surface area contributed by atoms with Crippen molar-refractivity contribution in [2.75, 3.05) is 11.9 Å². The number of Topliss-reactive ketones (excluding diaryl/α,β-unsaturated/α-hetero) is 1. The number of hydrogen-bond donors (Lipinski definition) is 2. The minimum absolute atomic E-state index is 0.0442. The molecule has 0 bridgehead atoms. The largest absolute Gasteiger partial charge is 0.347 e. The standard InChI is InChI=1S/C20H21ClN2O3/c1-2-14-3-5-15(6-4-14)18(24)11-12-19(25)22-13-20(26)23-17-9-7-16(21)8-10-17/h3-10H,2,11-13H2,1H3,(H,22,25)(H,23,26). The number of ketones is 1. The summed E-state index contributed by atoms with van der Waals surface area (Å²) in [4.78, 5) is 35.7. The number of carbonyl (C=O) groups is 3. The lowest BCUT2D eigenvalue weighted by atomic mass is 10.0. The lowest BCUT2D eigenvalue weighted by Crippen LogP contribution is -2.33. The summed E-state index contributed by atoms with van der Waals surface area (Å²) in [6.07, 6.45) is 1.06. The first-order valence-electron chi connectivity index (χ1n) is 8.42. The van der Waals surface area contributed by atoms with Crippen LogP contribution in [0.5, 0.6) is 0 Å². The highest BCUT2D eigenvalue weighted by atomic mass is 35.5. The highest BCUT2D eigenvalue weighted by Gasteiger charge is 2.10. The summed E-state index contributed by atoms with van der Waals surface area (Å²) in [7, 11) is 0. The Balaban J connectivity index is 1.71. The number of aryl methyl sites for hydroxylation is 1. The predicted molar refractivity (Wildman–Crippen MR) is 102 cm³/mol. The van der Waals surface area contributed by atoms with Crippen LogP contribution in [0.15, 0.2) is 48.5 Å². The zero-order valence-electron chi connectivity index (χ0n) is 14.5. The van der Waals surface area contributed by atoms with E-state index in [4.69, 9.17) is 11.6 Å². The summed E-state index contributed by atoms with van der Waals surface area (Å²) in [5.41, 5.74) is 2.35. The normalized spacial score (nSPS) is 10.2. The van der Waals surface area contributed by atoms with E-state index in [-0.39, 0.29) is 37.0 Å². The Labute approximate surface area is 157 Å². The predicted octanol–water partition coefficient (Wildman–Crippen LogP) is 3.62. The Bertz CT molecular complexity index is 771. The molecule has 0 aliphatic carbocycles. The first-order valence-corrected chi connectivity index (χ1v) is 8.80. The Kier molecular flexibility index (Phi) is 7.36. The zero-order valence-corrected chi connectivity index (χ0v) is 15.3. The van der Waals surface area contributed by atoms with Gasteiger partial charge in [0.2, 0.25) is 11.8 Å². The molecule has 2 aromatic carbocycles. The van der Waals surface area contributed by atoms with Gasteiger partial charge in [-0.1, -0.05) is 42.8 Å². The molecule has 0 aliphatic rings. The molecule has 0 heterocycles. The van der Waals surface area contributed by atoms with Crippen molar-refractivity contribution in [3.05, 3.63) is 64.7 Å². The molecule has 136 valence electrons. The maximum absolute atomic E-state index is 12.1. The maximum atomic E-state index is 12.1. The van der Waals surface area contributed by atoms with Gasteiger partial charge in [-0.15, -0.1) is 0 Å². The van der Waals surface area contributed by atoms with Crippen LogP contribution in [0.3, 0.4) is 0 Å². The molecule has 0 saturated carbocycles. The molecule has 0 unspecified atom stereocenters. The fourth-order valence-electron chi connectivity index (χ4n) is 2.30. The molecule has 26 heavy (non-hydrogen) atoms. The third kappa shape index (κ3) is 6.33. The lowest BCUT2D eigenvalue weighted by Gasteiger charge is -2.07. The topological polar surface area (TPSA) is 75.3 Å². The number of rotatable bonds is 8. The summed E-state index contributed by atoms with van der Waals surface area (Å²) < 4.78 is 0. The van der Waals surface area contributed by atoms with Gasteiger partial charge in [-0.2, -0.15) is 0 Å². The molecule has 2 amide bonds. The molecule has 2 aromatic rings. The van der Waals surface area contributed by atoms with Crippen molar-refractivity contribution in [3.8, 4) is 0 Å². The molecule has 0 aliphatic heterocycles. The molecule has 0 spiro atoms. The van der Waals surface area contributed by atoms with Crippen LogP contribution in [-0.4, -0.2) is 24.1 Å². The van der Waals surface area contributed by atoms with Gasteiger partial charge in [0.15, 0.2) is 5.78 Å². The van der Waals surface area contributed by atoms with E-state index in [1.54, 1.807) is 36.4 Å². The fraction of sp³-hybridized carbons (Fsp3) is 0.250. The van der Waals surface area contributed by atoms with Crippen LogP contribution >= 0.6 is 11.6 Å². The van der Waals surface area contributed by atoms with Gasteiger partial charge in [0.1, 0.15) is 0 Å². The van der Waals surface area contributed by atoms with Gasteiger partial charge >= 0.3 is 0 Å². The monoisotopic (exact) mass is 372 g/mol. The van der Waals surface area contributed by atoms with Gasteiger partial charge < -0.3 is 10.6 Å². The fourth-order valence-corrected chi connectivity index (χ4v) is 2.43. The van der Waals surface area contributed by atoms with Crippen LogP contribution < -0.4 is 10.6 Å². The molecular weight excluding hydrogens is 352 g/mol. The van der Waals surface area contributed by atoms with Crippen LogP contribution in [0.2, 0.25) is 5.02 Å². The van der Waals surface area contributed by atoms with Crippen molar-refractivity contribution in [1.29, 1.82) is 0 Å². The Morgan fingerprint density at radius 1 is 0.885 bits per heavy atom. The minimum atomic E-state index is -0.345. The SMILES string of the molecule is CCc1ccc(C(=O)CCC(=O)NCC(=O)Nc2ccc(Cl)cc2)cc1. The van der Waals surface area contributed by atoms with Gasteiger partial charge in [0.25, 0.3) is 0 Å². The van der Waals surface area contributed by atoms with E-state index in [9.17, 15) is 14.4 Å². The second-order valence-corrected chi connectivity index (χ2v) is 6.24. The molecule has 2 rings (SSSR count). The van der Waals surface area contributed by atoms with Crippen LogP contribution in [0.1, 0.15) is 35.7 Å². The lowest BCUT2D eigenvalue weighted by molar-refractivity contribution is -0.124. The first kappa shape index (κ1) is 19.7. The first-order chi connectivity index (χ1) is 12.5. The van der Waals surface area contributed by atoms with Crippen molar-refractivity contribution < 1.29 is 14.4 Å². The quantitative estimate of drug-likeness (QED) is 0.695. The number of carbonyl (C=O) groups excluding carboxylic acids is 3. The van der Waals surface area contributed by atoms with Gasteiger partial charge in [-0.05, 0) is 36.2 Å². The van der Waals surface area contributed by atoms with Crippen molar-refractivity contribution in [1.82, 2.24) is 5.32 Å². The molecule has 6 heteroatoms. The third-order valence-corrected chi connectivity index (χ3v) is 4.09. The summed E-state index contributed by atoms with van der Waals surface area (Å²) in [6.45, 7) is 1.89. The number of hydrogen-bond acceptors (Lipinski definition) is 3. The van der Waals surface area contributed by atoms with Gasteiger partial charge in [-0.3, -0.25) is 14.4 Å². The van der Waals surface area contributed by atoms with Crippen LogP contribution in [0.25, 0.3) is 0 Å². The summed E-state index contributed by atoms with van der Waals surface area (Å²) >= 11 is 5.77. The molecule has 0 aromatic heterocycles. The van der Waals surface area contributed by atoms with Crippen molar-refractivity contribution in [2.24, 2.45) is 0 Å². The van der Waals surface area contributed by atoms with Crippen LogP contribution in [0, 0.1) is 0 Å². The average molecular weight is 373 g/mol. The van der Waals surface area contributed by atoms with E-state index in [1.165, 1.54) is 0 Å². The third-order valence-electron chi connectivity index (χ3n) is 3.84. The maximum Gasteiger partial charge on any atom is 0.243 e. The van der Waals surface area contributed by atoms with E-state index in [2.05, 4.69) is 10.6 Å². The molecule has 0 atom stereocenters. The highest BCUT2D eigenvalue weighted by Crippen LogP contribution is 2.13. The van der Waals surface area contributed by atoms with E-state index < -0.39 is 0 Å².